The number of phenolic OH excluding ortho intramolecular Hbond substituents is 1. The zero-order chi connectivity index (χ0) is 13.5. The minimum atomic E-state index is 0.506. The average molecular weight is 272 g/mol. The minimum absolute atomic E-state index is 0.506. The van der Waals surface area contributed by atoms with Crippen molar-refractivity contribution in [2.24, 2.45) is 0 Å². The smallest absolute Gasteiger partial charge is 0.119 e. The van der Waals surface area contributed by atoms with Gasteiger partial charge >= 0.3 is 0 Å². The number of hydrogen-bond acceptors (Lipinski definition) is 3. The molecule has 2 fully saturated rings. The van der Waals surface area contributed by atoms with Crippen LogP contribution >= 0.6 is 0 Å². The van der Waals surface area contributed by atoms with E-state index in [9.17, 15) is 5.11 Å². The molecule has 20 heavy (non-hydrogen) atoms. The second-order valence-corrected chi connectivity index (χ2v) is 6.58. The number of piperazine rings is 1. The number of fused-ring (bicyclic) bond motifs is 2. The molecule has 0 amide bonds. The molecular weight excluding hydrogens is 248 g/mol. The Morgan fingerprint density at radius 1 is 1.00 bits per heavy atom. The van der Waals surface area contributed by atoms with E-state index in [0.717, 1.165) is 12.5 Å². The molecule has 0 spiro atoms. The van der Waals surface area contributed by atoms with E-state index >= 15 is 0 Å². The van der Waals surface area contributed by atoms with Crippen molar-refractivity contribution >= 4 is 0 Å². The van der Waals surface area contributed by atoms with Gasteiger partial charge in [0.05, 0.1) is 0 Å². The summed E-state index contributed by atoms with van der Waals surface area (Å²) < 4.78 is 0. The third-order valence-electron chi connectivity index (χ3n) is 5.51. The van der Waals surface area contributed by atoms with Gasteiger partial charge in [-0.25, -0.2) is 0 Å². The van der Waals surface area contributed by atoms with Gasteiger partial charge < -0.3 is 5.11 Å². The highest BCUT2D eigenvalue weighted by atomic mass is 16.3. The fourth-order valence-corrected chi connectivity index (χ4v) is 4.48. The molecule has 2 heterocycles. The summed E-state index contributed by atoms with van der Waals surface area (Å²) in [5.41, 5.74) is 2.60. The van der Waals surface area contributed by atoms with Gasteiger partial charge in [-0.2, -0.15) is 0 Å². The number of benzene rings is 1. The van der Waals surface area contributed by atoms with Crippen LogP contribution in [0.25, 0.3) is 0 Å². The third kappa shape index (κ3) is 2.04. The molecule has 1 aromatic rings. The Bertz CT molecular complexity index is 502. The van der Waals surface area contributed by atoms with E-state index in [4.69, 9.17) is 0 Å². The highest BCUT2D eigenvalue weighted by Crippen LogP contribution is 2.39. The van der Waals surface area contributed by atoms with E-state index in [0.29, 0.717) is 11.8 Å². The fraction of sp³-hybridized carbons (Fsp3) is 0.647. The largest absolute Gasteiger partial charge is 0.508 e. The molecule has 1 aliphatic carbocycles. The third-order valence-corrected chi connectivity index (χ3v) is 5.51. The molecule has 2 aliphatic heterocycles. The van der Waals surface area contributed by atoms with Gasteiger partial charge in [-0.3, -0.25) is 9.80 Å². The molecule has 2 unspecified atom stereocenters. The van der Waals surface area contributed by atoms with Crippen LogP contribution in [0.4, 0.5) is 0 Å². The lowest BCUT2D eigenvalue weighted by atomic mass is 9.85. The molecule has 0 radical (unpaired) electrons. The minimum Gasteiger partial charge on any atom is -0.508 e. The summed E-state index contributed by atoms with van der Waals surface area (Å²) in [6.07, 6.45) is 6.25. The first-order chi connectivity index (χ1) is 9.83. The Balaban J connectivity index is 1.59. The van der Waals surface area contributed by atoms with Gasteiger partial charge in [0.1, 0.15) is 5.75 Å². The van der Waals surface area contributed by atoms with Crippen LogP contribution in [0.3, 0.4) is 0 Å². The number of rotatable bonds is 1. The second-order valence-electron chi connectivity index (χ2n) is 6.58. The molecule has 0 saturated carbocycles. The summed E-state index contributed by atoms with van der Waals surface area (Å²) in [6, 6.07) is 7.41. The highest BCUT2D eigenvalue weighted by Gasteiger charge is 2.35. The molecule has 3 aliphatic rings. The Hall–Kier alpha value is -1.06. The van der Waals surface area contributed by atoms with Crippen molar-refractivity contribution in [3.63, 3.8) is 0 Å². The maximum Gasteiger partial charge on any atom is 0.119 e. The Morgan fingerprint density at radius 3 is 2.85 bits per heavy atom. The van der Waals surface area contributed by atoms with Gasteiger partial charge in [0.15, 0.2) is 0 Å². The predicted octanol–water partition coefficient (Wildman–Crippen LogP) is 2.55. The first-order valence-electron chi connectivity index (χ1n) is 8.12. The van der Waals surface area contributed by atoms with Crippen molar-refractivity contribution in [1.82, 2.24) is 9.80 Å². The van der Waals surface area contributed by atoms with Crippen molar-refractivity contribution in [3.8, 4) is 5.75 Å². The second kappa shape index (κ2) is 5.05. The summed E-state index contributed by atoms with van der Waals surface area (Å²) in [4.78, 5) is 5.35. The van der Waals surface area contributed by atoms with E-state index in [1.54, 1.807) is 0 Å². The summed E-state index contributed by atoms with van der Waals surface area (Å²) in [6.45, 7) is 4.95. The maximum atomic E-state index is 10.1. The molecule has 0 aromatic heterocycles. The van der Waals surface area contributed by atoms with Crippen LogP contribution in [0.15, 0.2) is 18.2 Å². The number of hydrogen-bond donors (Lipinski definition) is 1. The van der Waals surface area contributed by atoms with Crippen LogP contribution in [-0.4, -0.2) is 47.1 Å². The molecular formula is C17H24N2O. The maximum absolute atomic E-state index is 10.1. The Kier molecular flexibility index (Phi) is 3.20. The molecule has 0 bridgehead atoms. The van der Waals surface area contributed by atoms with Crippen LogP contribution in [0.2, 0.25) is 0 Å². The van der Waals surface area contributed by atoms with E-state index in [2.05, 4.69) is 15.9 Å². The molecule has 2 atom stereocenters. The van der Waals surface area contributed by atoms with Crippen LogP contribution < -0.4 is 0 Å². The summed E-state index contributed by atoms with van der Waals surface area (Å²) in [7, 11) is 0. The Labute approximate surface area is 121 Å². The zero-order valence-electron chi connectivity index (χ0n) is 12.1. The fourth-order valence-electron chi connectivity index (χ4n) is 4.48. The van der Waals surface area contributed by atoms with Gasteiger partial charge in [0.25, 0.3) is 0 Å². The van der Waals surface area contributed by atoms with Gasteiger partial charge in [0.2, 0.25) is 0 Å². The molecule has 108 valence electrons. The zero-order valence-corrected chi connectivity index (χ0v) is 12.1. The van der Waals surface area contributed by atoms with E-state index in [-0.39, 0.29) is 0 Å². The topological polar surface area (TPSA) is 26.7 Å². The van der Waals surface area contributed by atoms with Crippen molar-refractivity contribution in [1.29, 1.82) is 0 Å². The number of phenols is 1. The van der Waals surface area contributed by atoms with Crippen LogP contribution in [0, 0.1) is 0 Å². The lowest BCUT2D eigenvalue weighted by Gasteiger charge is -2.43. The van der Waals surface area contributed by atoms with Crippen LogP contribution in [-0.2, 0) is 6.42 Å². The first kappa shape index (κ1) is 12.7. The summed E-state index contributed by atoms with van der Waals surface area (Å²) >= 11 is 0. The molecule has 4 rings (SSSR count). The van der Waals surface area contributed by atoms with Gasteiger partial charge in [-0.05, 0) is 55.8 Å². The van der Waals surface area contributed by atoms with E-state index < -0.39 is 0 Å². The molecule has 2 saturated heterocycles. The predicted molar refractivity (Wildman–Crippen MR) is 80.0 cm³/mol. The molecule has 1 aromatic carbocycles. The average Bonchev–Trinajstić information content (AvgIpc) is 2.94. The SMILES string of the molecule is Oc1cccc2c1CCCC2N1CCN2CCCC2C1. The van der Waals surface area contributed by atoms with Crippen molar-refractivity contribution < 1.29 is 5.11 Å². The van der Waals surface area contributed by atoms with Crippen LogP contribution in [0.5, 0.6) is 5.75 Å². The summed E-state index contributed by atoms with van der Waals surface area (Å²) in [5, 5.41) is 10.1. The summed E-state index contributed by atoms with van der Waals surface area (Å²) in [5.74, 6) is 0.506. The quantitative estimate of drug-likeness (QED) is 0.851. The van der Waals surface area contributed by atoms with Gasteiger partial charge in [-0.1, -0.05) is 12.1 Å². The monoisotopic (exact) mass is 272 g/mol. The lowest BCUT2D eigenvalue weighted by molar-refractivity contribution is 0.0645. The molecule has 3 heteroatoms. The van der Waals surface area contributed by atoms with Crippen LogP contribution in [0.1, 0.15) is 42.9 Å². The molecule has 3 nitrogen and oxygen atoms in total. The van der Waals surface area contributed by atoms with E-state index in [1.807, 2.05) is 12.1 Å². The van der Waals surface area contributed by atoms with Crippen molar-refractivity contribution in [3.05, 3.63) is 29.3 Å². The normalized spacial score (nSPS) is 31.0. The molecule has 1 N–H and O–H groups in total. The number of nitrogens with zero attached hydrogens (tertiary/aromatic N) is 2. The standard InChI is InChI=1S/C17H24N2O/c20-17-8-2-5-14-15(17)6-1-7-16(14)19-11-10-18-9-3-4-13(18)12-19/h2,5,8,13,16,20H,1,3-4,6-7,9-12H2. The van der Waals surface area contributed by atoms with Gasteiger partial charge in [0, 0.05) is 31.7 Å². The van der Waals surface area contributed by atoms with Gasteiger partial charge in [-0.15, -0.1) is 0 Å². The van der Waals surface area contributed by atoms with E-state index in [1.165, 1.54) is 63.0 Å². The van der Waals surface area contributed by atoms with Crippen molar-refractivity contribution in [2.75, 3.05) is 26.2 Å². The highest BCUT2D eigenvalue weighted by molar-refractivity contribution is 5.42. The van der Waals surface area contributed by atoms with Crippen molar-refractivity contribution in [2.45, 2.75) is 44.2 Å². The Morgan fingerprint density at radius 2 is 1.90 bits per heavy atom. The lowest BCUT2D eigenvalue weighted by Crippen LogP contribution is -2.51. The first-order valence-corrected chi connectivity index (χ1v) is 8.12. The number of aromatic hydroxyl groups is 1.